The quantitative estimate of drug-likeness (QED) is 0.896. The van der Waals surface area contributed by atoms with Crippen LogP contribution >= 0.6 is 0 Å². The largest absolute Gasteiger partial charge is 0.361 e. The molecule has 1 aromatic rings. The van der Waals surface area contributed by atoms with E-state index in [-0.39, 0.29) is 23.2 Å². The molecule has 5 heteroatoms. The average Bonchev–Trinajstić information content (AvgIpc) is 2.36. The summed E-state index contributed by atoms with van der Waals surface area (Å²) in [4.78, 5) is 1.75. The van der Waals surface area contributed by atoms with E-state index in [1.54, 1.807) is 4.90 Å². The molecule has 0 amide bonds. The van der Waals surface area contributed by atoms with Gasteiger partial charge in [0.1, 0.15) is 11.5 Å². The molecule has 1 heterocycles. The van der Waals surface area contributed by atoms with Crippen molar-refractivity contribution in [1.82, 2.24) is 5.32 Å². The topological polar surface area (TPSA) is 15.3 Å². The molecular formula is C16H23F3N2. The first-order valence-corrected chi connectivity index (χ1v) is 7.38. The maximum absolute atomic E-state index is 14.1. The van der Waals surface area contributed by atoms with E-state index in [2.05, 4.69) is 26.1 Å². The van der Waals surface area contributed by atoms with E-state index in [0.29, 0.717) is 13.1 Å². The molecular weight excluding hydrogens is 277 g/mol. The Balaban J connectivity index is 2.38. The van der Waals surface area contributed by atoms with Gasteiger partial charge >= 0.3 is 0 Å². The zero-order valence-electron chi connectivity index (χ0n) is 13.0. The first-order chi connectivity index (χ1) is 9.74. The fourth-order valence-corrected chi connectivity index (χ4v) is 2.83. The summed E-state index contributed by atoms with van der Waals surface area (Å²) in [5.41, 5.74) is -0.136. The minimum atomic E-state index is -0.885. The molecule has 2 atom stereocenters. The highest BCUT2D eigenvalue weighted by molar-refractivity contribution is 5.51. The number of nitrogens with zero attached hydrogens (tertiary/aromatic N) is 1. The van der Waals surface area contributed by atoms with Crippen molar-refractivity contribution in [2.24, 2.45) is 5.41 Å². The van der Waals surface area contributed by atoms with Gasteiger partial charge in [-0.3, -0.25) is 0 Å². The molecule has 0 spiro atoms. The standard InChI is InChI=1S/C16H23F3N2/c1-5-11-8-20-14(16(2,3)4)9-21(11)15-12(18)6-10(17)7-13(15)19/h6-7,11,14,20H,5,8-9H2,1-4H3. The van der Waals surface area contributed by atoms with Gasteiger partial charge in [0.05, 0.1) is 0 Å². The number of hydrogen-bond donors (Lipinski definition) is 1. The summed E-state index contributed by atoms with van der Waals surface area (Å²) in [5.74, 6) is -2.55. The maximum Gasteiger partial charge on any atom is 0.152 e. The molecule has 0 aliphatic carbocycles. The van der Waals surface area contributed by atoms with Crippen molar-refractivity contribution in [3.63, 3.8) is 0 Å². The molecule has 1 aromatic carbocycles. The summed E-state index contributed by atoms with van der Waals surface area (Å²) in [6, 6.07) is 1.61. The predicted octanol–water partition coefficient (Wildman–Crippen LogP) is 3.71. The third kappa shape index (κ3) is 3.34. The second kappa shape index (κ2) is 5.87. The zero-order chi connectivity index (χ0) is 15.8. The highest BCUT2D eigenvalue weighted by Gasteiger charge is 2.35. The molecule has 1 N–H and O–H groups in total. The number of rotatable bonds is 2. The maximum atomic E-state index is 14.1. The van der Waals surface area contributed by atoms with Crippen LogP contribution in [0.25, 0.3) is 0 Å². The normalized spacial score (nSPS) is 23.5. The lowest BCUT2D eigenvalue weighted by molar-refractivity contribution is 0.232. The van der Waals surface area contributed by atoms with Crippen molar-refractivity contribution in [1.29, 1.82) is 0 Å². The molecule has 2 rings (SSSR count). The Kier molecular flexibility index (Phi) is 4.51. The van der Waals surface area contributed by atoms with E-state index in [0.717, 1.165) is 18.6 Å². The number of piperazine rings is 1. The van der Waals surface area contributed by atoms with Crippen molar-refractivity contribution in [3.05, 3.63) is 29.6 Å². The van der Waals surface area contributed by atoms with Gasteiger partial charge in [0.15, 0.2) is 11.6 Å². The molecule has 1 aliphatic rings. The second-order valence-corrected chi connectivity index (χ2v) is 6.76. The molecule has 0 aromatic heterocycles. The summed E-state index contributed by atoms with van der Waals surface area (Å²) < 4.78 is 41.3. The average molecular weight is 300 g/mol. The van der Waals surface area contributed by atoms with E-state index >= 15 is 0 Å². The molecule has 118 valence electrons. The van der Waals surface area contributed by atoms with E-state index < -0.39 is 17.5 Å². The molecule has 1 aliphatic heterocycles. The molecule has 1 fully saturated rings. The number of anilines is 1. The summed E-state index contributed by atoms with van der Waals surface area (Å²) in [6.45, 7) is 9.41. The first-order valence-electron chi connectivity index (χ1n) is 7.38. The van der Waals surface area contributed by atoms with Crippen molar-refractivity contribution in [2.75, 3.05) is 18.0 Å². The second-order valence-electron chi connectivity index (χ2n) is 6.76. The Bertz CT molecular complexity index is 488. The Morgan fingerprint density at radius 3 is 2.24 bits per heavy atom. The predicted molar refractivity (Wildman–Crippen MR) is 79.0 cm³/mol. The van der Waals surface area contributed by atoms with Crippen LogP contribution < -0.4 is 10.2 Å². The van der Waals surface area contributed by atoms with Crippen LogP contribution in [-0.4, -0.2) is 25.2 Å². The lowest BCUT2D eigenvalue weighted by atomic mass is 9.84. The van der Waals surface area contributed by atoms with Crippen LogP contribution in [0.5, 0.6) is 0 Å². The molecule has 0 bridgehead atoms. The van der Waals surface area contributed by atoms with Gasteiger partial charge < -0.3 is 10.2 Å². The Morgan fingerprint density at radius 1 is 1.19 bits per heavy atom. The summed E-state index contributed by atoms with van der Waals surface area (Å²) >= 11 is 0. The van der Waals surface area contributed by atoms with Gasteiger partial charge in [0.2, 0.25) is 0 Å². The third-order valence-corrected chi connectivity index (χ3v) is 4.21. The molecule has 1 saturated heterocycles. The van der Waals surface area contributed by atoms with Crippen molar-refractivity contribution < 1.29 is 13.2 Å². The fraction of sp³-hybridized carbons (Fsp3) is 0.625. The van der Waals surface area contributed by atoms with E-state index in [1.165, 1.54) is 0 Å². The van der Waals surface area contributed by atoms with Crippen molar-refractivity contribution >= 4 is 5.69 Å². The van der Waals surface area contributed by atoms with Crippen LogP contribution in [0.2, 0.25) is 0 Å². The van der Waals surface area contributed by atoms with E-state index in [4.69, 9.17) is 0 Å². The van der Waals surface area contributed by atoms with Crippen LogP contribution in [0.3, 0.4) is 0 Å². The Labute approximate surface area is 124 Å². The van der Waals surface area contributed by atoms with E-state index in [9.17, 15) is 13.2 Å². The fourth-order valence-electron chi connectivity index (χ4n) is 2.83. The van der Waals surface area contributed by atoms with Gasteiger partial charge in [-0.25, -0.2) is 13.2 Å². The van der Waals surface area contributed by atoms with Gasteiger partial charge in [-0.2, -0.15) is 0 Å². The summed E-state index contributed by atoms with van der Waals surface area (Å²) in [6.07, 6.45) is 0.764. The smallest absolute Gasteiger partial charge is 0.152 e. The number of halogens is 3. The van der Waals surface area contributed by atoms with Gasteiger partial charge in [-0.05, 0) is 11.8 Å². The van der Waals surface area contributed by atoms with Gasteiger partial charge in [-0.1, -0.05) is 27.7 Å². The number of benzene rings is 1. The molecule has 0 radical (unpaired) electrons. The summed E-state index contributed by atoms with van der Waals surface area (Å²) in [7, 11) is 0. The first kappa shape index (κ1) is 16.1. The number of hydrogen-bond acceptors (Lipinski definition) is 2. The highest BCUT2D eigenvalue weighted by Crippen LogP contribution is 2.32. The minimum absolute atomic E-state index is 0.00180. The Morgan fingerprint density at radius 2 is 1.76 bits per heavy atom. The molecule has 2 unspecified atom stereocenters. The SMILES string of the molecule is CCC1CNC(C(C)(C)C)CN1c1c(F)cc(F)cc1F. The monoisotopic (exact) mass is 300 g/mol. The highest BCUT2D eigenvalue weighted by atomic mass is 19.1. The lowest BCUT2D eigenvalue weighted by Crippen LogP contribution is -2.60. The molecule has 0 saturated carbocycles. The van der Waals surface area contributed by atoms with Gasteiger partial charge in [-0.15, -0.1) is 0 Å². The minimum Gasteiger partial charge on any atom is -0.361 e. The number of nitrogens with one attached hydrogen (secondary N) is 1. The van der Waals surface area contributed by atoms with E-state index in [1.807, 2.05) is 6.92 Å². The zero-order valence-corrected chi connectivity index (χ0v) is 13.0. The molecule has 21 heavy (non-hydrogen) atoms. The lowest BCUT2D eigenvalue weighted by Gasteiger charge is -2.46. The van der Waals surface area contributed by atoms with Crippen LogP contribution in [0, 0.1) is 22.9 Å². The van der Waals surface area contributed by atoms with Gasteiger partial charge in [0.25, 0.3) is 0 Å². The van der Waals surface area contributed by atoms with Crippen LogP contribution in [0.15, 0.2) is 12.1 Å². The van der Waals surface area contributed by atoms with Crippen molar-refractivity contribution in [2.45, 2.75) is 46.2 Å². The van der Waals surface area contributed by atoms with Gasteiger partial charge in [0, 0.05) is 37.3 Å². The van der Waals surface area contributed by atoms with Crippen molar-refractivity contribution in [3.8, 4) is 0 Å². The third-order valence-electron chi connectivity index (χ3n) is 4.21. The van der Waals surface area contributed by atoms with Crippen LogP contribution in [0.4, 0.5) is 18.9 Å². The van der Waals surface area contributed by atoms with Crippen LogP contribution in [0.1, 0.15) is 34.1 Å². The Hall–Kier alpha value is -1.23. The summed E-state index contributed by atoms with van der Waals surface area (Å²) in [5, 5.41) is 3.45. The molecule has 2 nitrogen and oxygen atoms in total. The van der Waals surface area contributed by atoms with Crippen LogP contribution in [-0.2, 0) is 0 Å².